The fraction of sp³-hybridized carbons (Fsp3) is 0.429. The number of aryl methyl sites for hydroxylation is 3. The van der Waals surface area contributed by atoms with Crippen LogP contribution in [0.5, 0.6) is 0 Å². The van der Waals surface area contributed by atoms with Crippen LogP contribution in [0.4, 0.5) is 0 Å². The van der Waals surface area contributed by atoms with E-state index >= 15 is 0 Å². The summed E-state index contributed by atoms with van der Waals surface area (Å²) in [6.45, 7) is 5.68. The number of Topliss-reactive ketones (excluding diaryl/α,β-unsaturated/α-hetero) is 1. The number of carbonyl (C=O) groups is 2. The molecule has 0 saturated carbocycles. The van der Waals surface area contributed by atoms with Crippen LogP contribution >= 0.6 is 22.9 Å². The summed E-state index contributed by atoms with van der Waals surface area (Å²) in [6, 6.07) is 6.94. The molecule has 1 fully saturated rings. The van der Waals surface area contributed by atoms with Gasteiger partial charge in [-0.3, -0.25) is 9.59 Å². The van der Waals surface area contributed by atoms with Crippen LogP contribution in [0.25, 0.3) is 0 Å². The number of hydrogen-bond acceptors (Lipinski definition) is 6. The second kappa shape index (κ2) is 9.18. The molecule has 1 aliphatic rings. The zero-order valence-electron chi connectivity index (χ0n) is 17.1. The maximum Gasteiger partial charge on any atom is 0.309 e. The second-order valence-electron chi connectivity index (χ2n) is 7.54. The number of piperidine rings is 1. The van der Waals surface area contributed by atoms with Gasteiger partial charge in [-0.05, 0) is 56.9 Å². The van der Waals surface area contributed by atoms with E-state index in [0.717, 1.165) is 28.0 Å². The highest BCUT2D eigenvalue weighted by molar-refractivity contribution is 7.89. The van der Waals surface area contributed by atoms with Gasteiger partial charge in [0.1, 0.15) is 0 Å². The molecule has 0 radical (unpaired) electrons. The van der Waals surface area contributed by atoms with Crippen molar-refractivity contribution in [1.82, 2.24) is 4.31 Å². The van der Waals surface area contributed by atoms with Gasteiger partial charge in [-0.2, -0.15) is 4.31 Å². The van der Waals surface area contributed by atoms with Crippen molar-refractivity contribution in [3.05, 3.63) is 50.2 Å². The Morgan fingerprint density at radius 2 is 1.73 bits per heavy atom. The van der Waals surface area contributed by atoms with Gasteiger partial charge in [0, 0.05) is 13.1 Å². The van der Waals surface area contributed by atoms with Crippen LogP contribution in [-0.4, -0.2) is 44.2 Å². The van der Waals surface area contributed by atoms with Crippen LogP contribution in [-0.2, 0) is 19.6 Å². The van der Waals surface area contributed by atoms with Gasteiger partial charge in [-0.15, -0.1) is 11.3 Å². The van der Waals surface area contributed by atoms with Crippen LogP contribution in [0.3, 0.4) is 0 Å². The fourth-order valence-corrected chi connectivity index (χ4v) is 6.67. The van der Waals surface area contributed by atoms with Gasteiger partial charge in [0.05, 0.1) is 20.0 Å². The highest BCUT2D eigenvalue weighted by atomic mass is 35.5. The van der Waals surface area contributed by atoms with Crippen LogP contribution in [0, 0.1) is 26.7 Å². The Labute approximate surface area is 185 Å². The number of carbonyl (C=O) groups excluding carboxylic acids is 2. The van der Waals surface area contributed by atoms with Gasteiger partial charge in [-0.25, -0.2) is 8.42 Å². The molecule has 0 amide bonds. The number of halogens is 1. The molecule has 0 bridgehead atoms. The van der Waals surface area contributed by atoms with Crippen molar-refractivity contribution in [1.29, 1.82) is 0 Å². The third-order valence-electron chi connectivity index (χ3n) is 5.18. The Balaban J connectivity index is 1.59. The van der Waals surface area contributed by atoms with Crippen molar-refractivity contribution in [2.24, 2.45) is 5.92 Å². The average Bonchev–Trinajstić information content (AvgIpc) is 3.11. The maximum absolute atomic E-state index is 13.1. The van der Waals surface area contributed by atoms with Gasteiger partial charge in [0.2, 0.25) is 15.8 Å². The van der Waals surface area contributed by atoms with Crippen LogP contribution in [0.1, 0.15) is 39.2 Å². The summed E-state index contributed by atoms with van der Waals surface area (Å²) in [4.78, 5) is 25.2. The third kappa shape index (κ3) is 4.94. The first-order valence-electron chi connectivity index (χ1n) is 9.62. The first-order valence-corrected chi connectivity index (χ1v) is 12.3. The number of thiophene rings is 1. The van der Waals surface area contributed by atoms with E-state index in [-0.39, 0.29) is 25.5 Å². The minimum Gasteiger partial charge on any atom is -0.457 e. The number of sulfonamides is 1. The van der Waals surface area contributed by atoms with Crippen molar-refractivity contribution in [2.45, 2.75) is 38.5 Å². The molecule has 1 saturated heterocycles. The Morgan fingerprint density at radius 1 is 1.13 bits per heavy atom. The Bertz CT molecular complexity index is 1050. The standard InChI is InChI=1S/C21H24ClNO5S2/c1-13-10-14(2)20(15(3)11-13)30(26,27)23-8-6-16(7-9-23)21(25)28-12-17(24)18-4-5-19(22)29-18/h4-5,10-11,16H,6-9,12H2,1-3H3. The first kappa shape index (κ1) is 22.9. The molecule has 1 aromatic carbocycles. The summed E-state index contributed by atoms with van der Waals surface area (Å²) < 4.78 is 33.4. The van der Waals surface area contributed by atoms with E-state index in [1.807, 2.05) is 19.1 Å². The average molecular weight is 470 g/mol. The monoisotopic (exact) mass is 469 g/mol. The quantitative estimate of drug-likeness (QED) is 0.469. The minimum atomic E-state index is -3.63. The minimum absolute atomic E-state index is 0.239. The van der Waals surface area contributed by atoms with Gasteiger partial charge in [0.25, 0.3) is 0 Å². The normalized spacial score (nSPS) is 15.9. The molecule has 30 heavy (non-hydrogen) atoms. The van der Waals surface area contributed by atoms with Gasteiger partial charge in [-0.1, -0.05) is 29.3 Å². The molecule has 0 aliphatic carbocycles. The van der Waals surface area contributed by atoms with Gasteiger partial charge in [0.15, 0.2) is 6.61 Å². The Morgan fingerprint density at radius 3 is 2.27 bits per heavy atom. The number of rotatable bonds is 6. The summed E-state index contributed by atoms with van der Waals surface area (Å²) in [6.07, 6.45) is 0.724. The molecule has 0 unspecified atom stereocenters. The fourth-order valence-electron chi connectivity index (χ4n) is 3.82. The van der Waals surface area contributed by atoms with Crippen molar-refractivity contribution >= 4 is 44.7 Å². The number of ether oxygens (including phenoxy) is 1. The molecule has 162 valence electrons. The van der Waals surface area contributed by atoms with E-state index < -0.39 is 21.9 Å². The number of ketones is 1. The third-order valence-corrected chi connectivity index (χ3v) is 8.66. The summed E-state index contributed by atoms with van der Waals surface area (Å²) >= 11 is 6.95. The molecule has 3 rings (SSSR count). The van der Waals surface area contributed by atoms with Crippen LogP contribution in [0.2, 0.25) is 4.34 Å². The smallest absolute Gasteiger partial charge is 0.309 e. The summed E-state index contributed by atoms with van der Waals surface area (Å²) in [5, 5.41) is 0. The SMILES string of the molecule is Cc1cc(C)c(S(=O)(=O)N2CCC(C(=O)OCC(=O)c3ccc(Cl)s3)CC2)c(C)c1. The lowest BCUT2D eigenvalue weighted by Crippen LogP contribution is -2.41. The largest absolute Gasteiger partial charge is 0.457 e. The van der Waals surface area contributed by atoms with E-state index in [9.17, 15) is 18.0 Å². The molecule has 0 N–H and O–H groups in total. The van der Waals surface area contributed by atoms with Crippen LogP contribution < -0.4 is 0 Å². The molecule has 6 nitrogen and oxygen atoms in total. The first-order chi connectivity index (χ1) is 14.1. The van der Waals surface area contributed by atoms with Crippen LogP contribution in [0.15, 0.2) is 29.2 Å². The lowest BCUT2D eigenvalue weighted by Gasteiger charge is -2.31. The predicted molar refractivity (Wildman–Crippen MR) is 117 cm³/mol. The molecule has 0 atom stereocenters. The molecule has 2 heterocycles. The number of nitrogens with zero attached hydrogens (tertiary/aromatic N) is 1. The molecule has 0 spiro atoms. The van der Waals surface area contributed by atoms with E-state index in [4.69, 9.17) is 16.3 Å². The van der Waals surface area contributed by atoms with Gasteiger partial charge >= 0.3 is 5.97 Å². The lowest BCUT2D eigenvalue weighted by atomic mass is 9.98. The summed E-state index contributed by atoms with van der Waals surface area (Å²) in [5.74, 6) is -1.19. The predicted octanol–water partition coefficient (Wildman–Crippen LogP) is 4.15. The molecule has 9 heteroatoms. The maximum atomic E-state index is 13.1. The van der Waals surface area contributed by atoms with E-state index in [1.165, 1.54) is 4.31 Å². The zero-order chi connectivity index (χ0) is 22.1. The Kier molecular flexibility index (Phi) is 7.02. The number of esters is 1. The van der Waals surface area contributed by atoms with Crippen molar-refractivity contribution in [2.75, 3.05) is 19.7 Å². The van der Waals surface area contributed by atoms with Crippen molar-refractivity contribution in [3.8, 4) is 0 Å². The summed E-state index contributed by atoms with van der Waals surface area (Å²) in [7, 11) is -3.63. The lowest BCUT2D eigenvalue weighted by molar-refractivity contribution is -0.148. The molecule has 2 aromatic rings. The van der Waals surface area contributed by atoms with E-state index in [1.54, 1.807) is 26.0 Å². The highest BCUT2D eigenvalue weighted by Crippen LogP contribution is 2.29. The zero-order valence-corrected chi connectivity index (χ0v) is 19.5. The van der Waals surface area contributed by atoms with Gasteiger partial charge < -0.3 is 4.74 Å². The number of hydrogen-bond donors (Lipinski definition) is 0. The molecule has 1 aliphatic heterocycles. The highest BCUT2D eigenvalue weighted by Gasteiger charge is 2.34. The molecule has 1 aromatic heterocycles. The van der Waals surface area contributed by atoms with E-state index in [2.05, 4.69) is 0 Å². The van der Waals surface area contributed by atoms with Crippen molar-refractivity contribution < 1.29 is 22.7 Å². The number of benzene rings is 1. The topological polar surface area (TPSA) is 80.8 Å². The summed E-state index contributed by atoms with van der Waals surface area (Å²) in [5.41, 5.74) is 2.47. The van der Waals surface area contributed by atoms with Crippen molar-refractivity contribution in [3.63, 3.8) is 0 Å². The second-order valence-corrected chi connectivity index (χ2v) is 11.1. The Hall–Kier alpha value is -1.74. The van der Waals surface area contributed by atoms with E-state index in [0.29, 0.717) is 27.0 Å². The molecular formula is C21H24ClNO5S2. The molecular weight excluding hydrogens is 446 g/mol.